The highest BCUT2D eigenvalue weighted by molar-refractivity contribution is 6.07. The van der Waals surface area contributed by atoms with Crippen LogP contribution in [0.3, 0.4) is 0 Å². The number of carbonyl (C=O) groups is 1. The average molecular weight is 434 g/mol. The average Bonchev–Trinajstić information content (AvgIpc) is 3.41. The second-order valence-corrected chi connectivity index (χ2v) is 8.03. The summed E-state index contributed by atoms with van der Waals surface area (Å²) in [5, 5.41) is 0. The molecule has 0 unspecified atom stereocenters. The molecule has 0 radical (unpaired) electrons. The Morgan fingerprint density at radius 3 is 2.53 bits per heavy atom. The fourth-order valence-corrected chi connectivity index (χ4v) is 4.32. The highest BCUT2D eigenvalue weighted by atomic mass is 16.7. The van der Waals surface area contributed by atoms with Crippen LogP contribution in [0, 0.1) is 0 Å². The molecule has 1 amide bonds. The molecule has 5 nitrogen and oxygen atoms in total. The lowest BCUT2D eigenvalue weighted by atomic mass is 10.00. The Morgan fingerprint density at radius 1 is 1.00 bits per heavy atom. The van der Waals surface area contributed by atoms with Gasteiger partial charge in [-0.3, -0.25) is 4.79 Å². The molecule has 1 saturated heterocycles. The van der Waals surface area contributed by atoms with Crippen LogP contribution in [0.15, 0.2) is 78.7 Å². The predicted octanol–water partition coefficient (Wildman–Crippen LogP) is 4.77. The summed E-state index contributed by atoms with van der Waals surface area (Å²) in [5.74, 6) is 0.555. The van der Waals surface area contributed by atoms with Crippen molar-refractivity contribution in [2.24, 2.45) is 0 Å². The van der Waals surface area contributed by atoms with Gasteiger partial charge in [0, 0.05) is 36.9 Å². The highest BCUT2D eigenvalue weighted by Gasteiger charge is 2.30. The second-order valence-electron chi connectivity index (χ2n) is 8.03. The van der Waals surface area contributed by atoms with Gasteiger partial charge in [0.25, 0.3) is 5.91 Å². The van der Waals surface area contributed by atoms with Crippen molar-refractivity contribution in [1.29, 1.82) is 0 Å². The Bertz CT molecular complexity index is 1280. The maximum atomic E-state index is 13.9. The minimum absolute atomic E-state index is 0.0707. The van der Waals surface area contributed by atoms with Gasteiger partial charge in [-0.25, -0.2) is 0 Å². The molecule has 2 heterocycles. The number of rotatable bonds is 6. The molecule has 5 heteroatoms. The summed E-state index contributed by atoms with van der Waals surface area (Å²) in [6.45, 7) is 2.44. The fourth-order valence-electron chi connectivity index (χ4n) is 4.32. The first-order chi connectivity index (χ1) is 17.8. The van der Waals surface area contributed by atoms with Crippen molar-refractivity contribution in [3.63, 3.8) is 0 Å². The smallest absolute Gasteiger partial charge is 0.258 e. The van der Waals surface area contributed by atoms with Gasteiger partial charge in [0.15, 0.2) is 11.5 Å². The van der Waals surface area contributed by atoms with Gasteiger partial charge in [0.2, 0.25) is 6.79 Å². The van der Waals surface area contributed by atoms with Gasteiger partial charge in [-0.2, -0.15) is 0 Å². The third-order valence-electron chi connectivity index (χ3n) is 6.05. The van der Waals surface area contributed by atoms with Crippen molar-refractivity contribution in [2.45, 2.75) is 25.3 Å². The van der Waals surface area contributed by atoms with Crippen LogP contribution >= 0.6 is 0 Å². The maximum absolute atomic E-state index is 13.9. The zero-order chi connectivity index (χ0) is 26.1. The Labute approximate surface area is 196 Å². The quantitative estimate of drug-likeness (QED) is 0.562. The van der Waals surface area contributed by atoms with Gasteiger partial charge in [0.05, 0.1) is 6.85 Å². The molecule has 2 aliphatic heterocycles. The van der Waals surface area contributed by atoms with Gasteiger partial charge >= 0.3 is 0 Å². The van der Waals surface area contributed by atoms with Crippen molar-refractivity contribution in [3.8, 4) is 11.5 Å². The van der Waals surface area contributed by atoms with Crippen LogP contribution in [-0.2, 0) is 6.42 Å². The van der Waals surface area contributed by atoms with E-state index in [1.54, 1.807) is 18.2 Å². The molecule has 164 valence electrons. The van der Waals surface area contributed by atoms with Crippen LogP contribution in [0.5, 0.6) is 11.5 Å². The van der Waals surface area contributed by atoms with Gasteiger partial charge in [-0.05, 0) is 55.1 Å². The Balaban J connectivity index is 1.43. The van der Waals surface area contributed by atoms with Crippen molar-refractivity contribution in [2.75, 3.05) is 31.3 Å². The van der Waals surface area contributed by atoms with Crippen molar-refractivity contribution in [1.82, 2.24) is 4.90 Å². The molecule has 0 atom stereocenters. The number of amides is 1. The van der Waals surface area contributed by atoms with Crippen molar-refractivity contribution in [3.05, 3.63) is 89.9 Å². The summed E-state index contributed by atoms with van der Waals surface area (Å²) in [5.41, 5.74) is 1.49. The number of para-hydroxylation sites is 1. The summed E-state index contributed by atoms with van der Waals surface area (Å²) < 4.78 is 52.2. The number of benzene rings is 3. The highest BCUT2D eigenvalue weighted by Crippen LogP contribution is 2.34. The number of fused-ring (bicyclic) bond motifs is 1. The lowest BCUT2D eigenvalue weighted by Crippen LogP contribution is -2.48. The third kappa shape index (κ3) is 4.48. The van der Waals surface area contributed by atoms with E-state index in [9.17, 15) is 4.79 Å². The van der Waals surface area contributed by atoms with E-state index in [-0.39, 0.29) is 30.6 Å². The Hall–Kier alpha value is -3.31. The van der Waals surface area contributed by atoms with E-state index in [1.165, 1.54) is 10.5 Å². The molecule has 0 aromatic heterocycles. The minimum Gasteiger partial charge on any atom is -0.454 e. The first kappa shape index (κ1) is 15.5. The van der Waals surface area contributed by atoms with E-state index in [4.69, 9.17) is 16.3 Å². The molecule has 0 spiro atoms. The molecular weight excluding hydrogens is 400 g/mol. The van der Waals surface area contributed by atoms with Crippen LogP contribution in [0.2, 0.25) is 0 Å². The Morgan fingerprint density at radius 2 is 1.75 bits per heavy atom. The number of hydrogen-bond donors (Lipinski definition) is 0. The molecule has 2 aliphatic rings. The Kier molecular flexibility index (Phi) is 4.57. The van der Waals surface area contributed by atoms with Crippen LogP contribution in [0.4, 0.5) is 5.69 Å². The minimum atomic E-state index is -0.482. The van der Waals surface area contributed by atoms with Crippen LogP contribution < -0.4 is 14.4 Å². The molecule has 0 aliphatic carbocycles. The van der Waals surface area contributed by atoms with E-state index < -0.39 is 24.0 Å². The largest absolute Gasteiger partial charge is 0.454 e. The number of likely N-dealkylation sites (tertiary alicyclic amines) is 1. The first-order valence-electron chi connectivity index (χ1n) is 13.4. The molecule has 5 rings (SSSR count). The summed E-state index contributed by atoms with van der Waals surface area (Å²) in [6, 6.07) is 12.6. The van der Waals surface area contributed by atoms with Crippen LogP contribution in [0.25, 0.3) is 0 Å². The van der Waals surface area contributed by atoms with E-state index in [1.807, 2.05) is 18.2 Å². The molecule has 0 saturated carbocycles. The normalized spacial score (nSPS) is 18.3. The monoisotopic (exact) mass is 433 g/mol. The number of anilines is 1. The van der Waals surface area contributed by atoms with Gasteiger partial charge in [-0.15, -0.1) is 0 Å². The van der Waals surface area contributed by atoms with Crippen molar-refractivity contribution >= 4 is 11.6 Å². The van der Waals surface area contributed by atoms with Gasteiger partial charge < -0.3 is 19.3 Å². The SMILES string of the molecule is [2H]c1c([2H])c([2H])c(N(C(=O)c2ccc3c(c2)OCO3)C2CCN(CCc3ccccc3)CC2)c([2H])c1[2H]. The summed E-state index contributed by atoms with van der Waals surface area (Å²) >= 11 is 0. The second kappa shape index (κ2) is 9.45. The summed E-state index contributed by atoms with van der Waals surface area (Å²) in [6.07, 6.45) is 2.16. The van der Waals surface area contributed by atoms with Crippen LogP contribution in [-0.4, -0.2) is 43.3 Å². The fraction of sp³-hybridized carbons (Fsp3) is 0.296. The molecule has 0 bridgehead atoms. The standard InChI is InChI=1S/C27H28N2O3/c30-27(22-11-12-25-26(19-22)32-20-31-25)29(23-9-5-2-6-10-23)24-14-17-28(18-15-24)16-13-21-7-3-1-4-8-21/h1-12,19,24H,13-18,20H2/i2D,5D,6D,9D,10D. The maximum Gasteiger partial charge on any atom is 0.258 e. The number of carbonyl (C=O) groups excluding carboxylic acids is 1. The first-order valence-corrected chi connectivity index (χ1v) is 10.9. The number of piperidine rings is 1. The van der Waals surface area contributed by atoms with Crippen molar-refractivity contribution < 1.29 is 21.1 Å². The number of nitrogens with zero attached hydrogens (tertiary/aromatic N) is 2. The lowest BCUT2D eigenvalue weighted by Gasteiger charge is -2.38. The van der Waals surface area contributed by atoms with E-state index in [0.717, 1.165) is 26.1 Å². The lowest BCUT2D eigenvalue weighted by molar-refractivity contribution is 0.0960. The number of hydrogen-bond acceptors (Lipinski definition) is 4. The molecule has 32 heavy (non-hydrogen) atoms. The number of ether oxygens (including phenoxy) is 2. The molecular formula is C27H28N2O3. The van der Waals surface area contributed by atoms with E-state index in [0.29, 0.717) is 29.9 Å². The molecule has 0 N–H and O–H groups in total. The molecule has 3 aromatic carbocycles. The van der Waals surface area contributed by atoms with Gasteiger partial charge in [0.1, 0.15) is 0 Å². The van der Waals surface area contributed by atoms with Crippen LogP contribution in [0.1, 0.15) is 35.6 Å². The molecule has 3 aromatic rings. The van der Waals surface area contributed by atoms with Gasteiger partial charge in [-0.1, -0.05) is 48.5 Å². The topological polar surface area (TPSA) is 42.0 Å². The van der Waals surface area contributed by atoms with E-state index in [2.05, 4.69) is 17.0 Å². The summed E-state index contributed by atoms with van der Waals surface area (Å²) in [7, 11) is 0. The zero-order valence-electron chi connectivity index (χ0n) is 22.8. The third-order valence-corrected chi connectivity index (χ3v) is 6.05. The predicted molar refractivity (Wildman–Crippen MR) is 125 cm³/mol. The van der Waals surface area contributed by atoms with E-state index >= 15 is 0 Å². The molecule has 1 fully saturated rings. The zero-order valence-corrected chi connectivity index (χ0v) is 17.8. The summed E-state index contributed by atoms with van der Waals surface area (Å²) in [4.78, 5) is 17.7.